The van der Waals surface area contributed by atoms with Crippen LogP contribution in [0.15, 0.2) is 0 Å². The van der Waals surface area contributed by atoms with Gasteiger partial charge in [0.15, 0.2) is 0 Å². The van der Waals surface area contributed by atoms with E-state index in [0.717, 1.165) is 38.5 Å². The third-order valence-corrected chi connectivity index (χ3v) is 5.68. The average Bonchev–Trinajstić information content (AvgIpc) is 3.09. The monoisotopic (exact) mass is 324 g/mol. The molecule has 0 heterocycles. The van der Waals surface area contributed by atoms with E-state index in [1.54, 1.807) is 0 Å². The van der Waals surface area contributed by atoms with Crippen LogP contribution in [0.25, 0.3) is 0 Å². The number of aliphatic hydroxyl groups is 1. The van der Waals surface area contributed by atoms with Gasteiger partial charge in [0, 0.05) is 30.5 Å². The Labute approximate surface area is 139 Å². The standard InChI is InChI=1S/C18H32N2O3/c1-12(11-21)13(2)19-17(22)15-7-9-16(10-8-15)20-18(23)14-5-3-4-6-14/h12-16,21H,3-11H2,1-2H3,(H,19,22)(H,20,23). The zero-order valence-corrected chi connectivity index (χ0v) is 14.5. The Balaban J connectivity index is 1.70. The number of hydrogen-bond donors (Lipinski definition) is 3. The Morgan fingerprint density at radius 3 is 2.09 bits per heavy atom. The molecule has 2 atom stereocenters. The number of rotatable bonds is 6. The van der Waals surface area contributed by atoms with Gasteiger partial charge in [0.05, 0.1) is 0 Å². The van der Waals surface area contributed by atoms with E-state index >= 15 is 0 Å². The molecule has 0 saturated heterocycles. The summed E-state index contributed by atoms with van der Waals surface area (Å²) in [6.45, 7) is 3.95. The minimum atomic E-state index is -0.00714. The first-order valence-electron chi connectivity index (χ1n) is 9.22. The Morgan fingerprint density at radius 1 is 0.957 bits per heavy atom. The average molecular weight is 324 g/mol. The number of carbonyl (C=O) groups excluding carboxylic acids is 2. The Hall–Kier alpha value is -1.10. The third kappa shape index (κ3) is 5.20. The molecule has 2 unspecified atom stereocenters. The van der Waals surface area contributed by atoms with Gasteiger partial charge in [0.2, 0.25) is 11.8 Å². The summed E-state index contributed by atoms with van der Waals surface area (Å²) in [7, 11) is 0. The molecule has 0 aromatic heterocycles. The van der Waals surface area contributed by atoms with Gasteiger partial charge in [-0.2, -0.15) is 0 Å². The van der Waals surface area contributed by atoms with Gasteiger partial charge in [-0.05, 0) is 51.4 Å². The maximum Gasteiger partial charge on any atom is 0.223 e. The lowest BCUT2D eigenvalue weighted by Crippen LogP contribution is -2.45. The molecule has 0 spiro atoms. The summed E-state index contributed by atoms with van der Waals surface area (Å²) in [5.74, 6) is 0.653. The van der Waals surface area contributed by atoms with Crippen molar-refractivity contribution in [3.05, 3.63) is 0 Å². The maximum atomic E-state index is 12.3. The van der Waals surface area contributed by atoms with Gasteiger partial charge in [-0.3, -0.25) is 9.59 Å². The van der Waals surface area contributed by atoms with Crippen molar-refractivity contribution in [1.82, 2.24) is 10.6 Å². The quantitative estimate of drug-likeness (QED) is 0.699. The van der Waals surface area contributed by atoms with Gasteiger partial charge in [-0.25, -0.2) is 0 Å². The first-order valence-corrected chi connectivity index (χ1v) is 9.22. The van der Waals surface area contributed by atoms with Gasteiger partial charge in [-0.1, -0.05) is 19.8 Å². The normalized spacial score (nSPS) is 28.1. The van der Waals surface area contributed by atoms with E-state index in [1.165, 1.54) is 12.8 Å². The van der Waals surface area contributed by atoms with Crippen molar-refractivity contribution in [3.63, 3.8) is 0 Å². The Bertz CT molecular complexity index is 399. The van der Waals surface area contributed by atoms with Crippen LogP contribution >= 0.6 is 0 Å². The minimum absolute atomic E-state index is 0.00714. The summed E-state index contributed by atoms with van der Waals surface area (Å²) in [6.07, 6.45) is 7.87. The second-order valence-corrected chi connectivity index (χ2v) is 7.50. The number of hydrogen-bond acceptors (Lipinski definition) is 3. The number of amides is 2. The van der Waals surface area contributed by atoms with Crippen molar-refractivity contribution in [2.45, 2.75) is 77.3 Å². The summed E-state index contributed by atoms with van der Waals surface area (Å²) in [5, 5.41) is 15.3. The van der Waals surface area contributed by atoms with Gasteiger partial charge in [0.25, 0.3) is 0 Å². The molecule has 3 N–H and O–H groups in total. The van der Waals surface area contributed by atoms with Crippen molar-refractivity contribution >= 4 is 11.8 Å². The second-order valence-electron chi connectivity index (χ2n) is 7.50. The Morgan fingerprint density at radius 2 is 1.52 bits per heavy atom. The molecule has 2 amide bonds. The molecule has 0 radical (unpaired) electrons. The van der Waals surface area contributed by atoms with Gasteiger partial charge in [-0.15, -0.1) is 0 Å². The highest BCUT2D eigenvalue weighted by atomic mass is 16.3. The minimum Gasteiger partial charge on any atom is -0.396 e. The van der Waals surface area contributed by atoms with Crippen LogP contribution < -0.4 is 10.6 Å². The Kier molecular flexibility index (Phi) is 6.88. The van der Waals surface area contributed by atoms with E-state index in [2.05, 4.69) is 10.6 Å². The van der Waals surface area contributed by atoms with E-state index in [9.17, 15) is 9.59 Å². The molecule has 23 heavy (non-hydrogen) atoms. The molecule has 2 fully saturated rings. The van der Waals surface area contributed by atoms with Crippen LogP contribution in [-0.4, -0.2) is 35.6 Å². The molecule has 2 saturated carbocycles. The van der Waals surface area contributed by atoms with Crippen LogP contribution in [0.4, 0.5) is 0 Å². The van der Waals surface area contributed by atoms with Crippen molar-refractivity contribution in [2.24, 2.45) is 17.8 Å². The second kappa shape index (κ2) is 8.67. The zero-order valence-electron chi connectivity index (χ0n) is 14.5. The number of nitrogens with one attached hydrogen (secondary N) is 2. The van der Waals surface area contributed by atoms with Gasteiger partial charge < -0.3 is 15.7 Å². The van der Waals surface area contributed by atoms with Crippen LogP contribution in [0.5, 0.6) is 0 Å². The smallest absolute Gasteiger partial charge is 0.223 e. The highest BCUT2D eigenvalue weighted by Crippen LogP contribution is 2.28. The van der Waals surface area contributed by atoms with Crippen LogP contribution in [0.3, 0.4) is 0 Å². The lowest BCUT2D eigenvalue weighted by atomic mass is 9.85. The summed E-state index contributed by atoms with van der Waals surface area (Å²) in [6, 6.07) is 0.230. The summed E-state index contributed by atoms with van der Waals surface area (Å²) in [5.41, 5.74) is 0. The lowest BCUT2D eigenvalue weighted by Gasteiger charge is -2.30. The molecule has 2 aliphatic rings. The summed E-state index contributed by atoms with van der Waals surface area (Å²) in [4.78, 5) is 24.5. The van der Waals surface area contributed by atoms with E-state index in [0.29, 0.717) is 0 Å². The molecule has 0 aromatic carbocycles. The van der Waals surface area contributed by atoms with E-state index in [4.69, 9.17) is 5.11 Å². The van der Waals surface area contributed by atoms with Gasteiger partial charge >= 0.3 is 0 Å². The van der Waals surface area contributed by atoms with Crippen molar-refractivity contribution in [2.75, 3.05) is 6.61 Å². The van der Waals surface area contributed by atoms with Crippen molar-refractivity contribution in [3.8, 4) is 0 Å². The van der Waals surface area contributed by atoms with E-state index in [-0.39, 0.29) is 48.3 Å². The van der Waals surface area contributed by atoms with Crippen LogP contribution in [0, 0.1) is 17.8 Å². The number of aliphatic hydroxyl groups excluding tert-OH is 1. The topological polar surface area (TPSA) is 78.4 Å². The molecule has 0 aliphatic heterocycles. The van der Waals surface area contributed by atoms with E-state index < -0.39 is 0 Å². The molecular weight excluding hydrogens is 292 g/mol. The molecule has 0 aromatic rings. The number of carbonyl (C=O) groups is 2. The molecule has 2 rings (SSSR count). The SMILES string of the molecule is CC(CO)C(C)NC(=O)C1CCC(NC(=O)C2CCCC2)CC1. The fraction of sp³-hybridized carbons (Fsp3) is 0.889. The third-order valence-electron chi connectivity index (χ3n) is 5.68. The molecule has 5 nitrogen and oxygen atoms in total. The maximum absolute atomic E-state index is 12.3. The molecular formula is C18H32N2O3. The predicted octanol–water partition coefficient (Wildman–Crippen LogP) is 1.98. The zero-order chi connectivity index (χ0) is 16.8. The molecule has 2 aliphatic carbocycles. The first-order chi connectivity index (χ1) is 11.0. The highest BCUT2D eigenvalue weighted by molar-refractivity contribution is 5.80. The van der Waals surface area contributed by atoms with Gasteiger partial charge in [0.1, 0.15) is 0 Å². The molecule has 132 valence electrons. The fourth-order valence-corrected chi connectivity index (χ4v) is 3.65. The lowest BCUT2D eigenvalue weighted by molar-refractivity contribution is -0.127. The fourth-order valence-electron chi connectivity index (χ4n) is 3.65. The van der Waals surface area contributed by atoms with E-state index in [1.807, 2.05) is 13.8 Å². The van der Waals surface area contributed by atoms with Crippen LogP contribution in [0.1, 0.15) is 65.2 Å². The first kappa shape index (κ1) is 18.2. The molecule has 0 bridgehead atoms. The highest BCUT2D eigenvalue weighted by Gasteiger charge is 2.30. The predicted molar refractivity (Wildman–Crippen MR) is 89.7 cm³/mol. The summed E-state index contributed by atoms with van der Waals surface area (Å²) < 4.78 is 0. The van der Waals surface area contributed by atoms with Crippen LogP contribution in [0.2, 0.25) is 0 Å². The largest absolute Gasteiger partial charge is 0.396 e. The summed E-state index contributed by atoms with van der Waals surface area (Å²) >= 11 is 0. The molecule has 5 heteroatoms. The van der Waals surface area contributed by atoms with Crippen LogP contribution in [-0.2, 0) is 9.59 Å². The van der Waals surface area contributed by atoms with Crippen molar-refractivity contribution in [1.29, 1.82) is 0 Å². The van der Waals surface area contributed by atoms with Crippen molar-refractivity contribution < 1.29 is 14.7 Å².